The van der Waals surface area contributed by atoms with Gasteiger partial charge in [0.1, 0.15) is 0 Å². The number of halogens is 1. The molecule has 0 aliphatic rings. The molecule has 0 aromatic carbocycles. The summed E-state index contributed by atoms with van der Waals surface area (Å²) in [5.41, 5.74) is 5.67. The second-order valence-corrected chi connectivity index (χ2v) is 6.53. The Kier molecular flexibility index (Phi) is 4.57. The first kappa shape index (κ1) is 12.2. The van der Waals surface area contributed by atoms with Crippen molar-refractivity contribution in [2.24, 2.45) is 5.73 Å². The van der Waals surface area contributed by atoms with E-state index in [0.717, 1.165) is 19.5 Å². The summed E-state index contributed by atoms with van der Waals surface area (Å²) in [6.07, 6.45) is 1.000. The van der Waals surface area contributed by atoms with Crippen molar-refractivity contribution in [1.82, 2.24) is 5.32 Å². The summed E-state index contributed by atoms with van der Waals surface area (Å²) < 4.78 is 1.19. The Morgan fingerprint density at radius 3 is 2.71 bits per heavy atom. The van der Waals surface area contributed by atoms with Gasteiger partial charge in [0.15, 0.2) is 0 Å². The van der Waals surface area contributed by atoms with Crippen LogP contribution >= 0.6 is 27.3 Å². The van der Waals surface area contributed by atoms with Crippen LogP contribution in [0.5, 0.6) is 0 Å². The summed E-state index contributed by atoms with van der Waals surface area (Å²) >= 11 is 5.22. The summed E-state index contributed by atoms with van der Waals surface area (Å²) in [7, 11) is 0. The lowest BCUT2D eigenvalue weighted by molar-refractivity contribution is 0.367. The summed E-state index contributed by atoms with van der Waals surface area (Å²) in [4.78, 5) is 1.35. The zero-order valence-corrected chi connectivity index (χ0v) is 11.0. The molecule has 1 aromatic heterocycles. The highest BCUT2D eigenvalue weighted by Crippen LogP contribution is 2.22. The maximum Gasteiger partial charge on any atom is 0.0701 e. The van der Waals surface area contributed by atoms with Gasteiger partial charge in [-0.2, -0.15) is 0 Å². The molecular formula is C10H17BrN2S. The van der Waals surface area contributed by atoms with E-state index in [1.807, 2.05) is 0 Å². The molecule has 0 spiro atoms. The average molecular weight is 277 g/mol. The molecule has 0 saturated heterocycles. The van der Waals surface area contributed by atoms with Gasteiger partial charge in [-0.25, -0.2) is 0 Å². The minimum atomic E-state index is 0.130. The number of hydrogen-bond donors (Lipinski definition) is 2. The van der Waals surface area contributed by atoms with Crippen LogP contribution in [0.4, 0.5) is 0 Å². The zero-order valence-electron chi connectivity index (χ0n) is 8.64. The highest BCUT2D eigenvalue weighted by Gasteiger charge is 2.15. The minimum absolute atomic E-state index is 0.130. The maximum atomic E-state index is 5.54. The van der Waals surface area contributed by atoms with Gasteiger partial charge in [0, 0.05) is 17.0 Å². The minimum Gasteiger partial charge on any atom is -0.330 e. The van der Waals surface area contributed by atoms with E-state index >= 15 is 0 Å². The molecule has 0 saturated carbocycles. The van der Waals surface area contributed by atoms with Crippen LogP contribution in [0, 0.1) is 0 Å². The molecule has 3 N–H and O–H groups in total. The SMILES string of the molecule is CC(C)(CCN)NCc1ccc(Br)s1. The summed E-state index contributed by atoms with van der Waals surface area (Å²) in [6.45, 7) is 6.02. The van der Waals surface area contributed by atoms with Gasteiger partial charge in [0.25, 0.3) is 0 Å². The molecule has 0 unspecified atom stereocenters. The summed E-state index contributed by atoms with van der Waals surface area (Å²) in [5, 5.41) is 3.50. The van der Waals surface area contributed by atoms with Crippen molar-refractivity contribution in [1.29, 1.82) is 0 Å². The molecule has 1 heterocycles. The molecular weight excluding hydrogens is 260 g/mol. The summed E-state index contributed by atoms with van der Waals surface area (Å²) in [5.74, 6) is 0. The van der Waals surface area contributed by atoms with Crippen molar-refractivity contribution >= 4 is 27.3 Å². The van der Waals surface area contributed by atoms with Crippen molar-refractivity contribution < 1.29 is 0 Å². The fourth-order valence-corrected chi connectivity index (χ4v) is 2.65. The van der Waals surface area contributed by atoms with E-state index in [0.29, 0.717) is 0 Å². The van der Waals surface area contributed by atoms with Crippen molar-refractivity contribution in [2.45, 2.75) is 32.4 Å². The van der Waals surface area contributed by atoms with Crippen LogP contribution in [0.15, 0.2) is 15.9 Å². The van der Waals surface area contributed by atoms with Crippen molar-refractivity contribution in [3.63, 3.8) is 0 Å². The molecule has 1 rings (SSSR count). The van der Waals surface area contributed by atoms with Gasteiger partial charge >= 0.3 is 0 Å². The molecule has 0 aliphatic carbocycles. The molecule has 0 bridgehead atoms. The summed E-state index contributed by atoms with van der Waals surface area (Å²) in [6, 6.07) is 4.22. The first-order chi connectivity index (χ1) is 6.53. The van der Waals surface area contributed by atoms with E-state index in [9.17, 15) is 0 Å². The van der Waals surface area contributed by atoms with Gasteiger partial charge in [-0.15, -0.1) is 11.3 Å². The molecule has 0 aliphatic heterocycles. The smallest absolute Gasteiger partial charge is 0.0701 e. The number of nitrogens with one attached hydrogen (secondary N) is 1. The second-order valence-electron chi connectivity index (χ2n) is 3.98. The molecule has 0 radical (unpaired) electrons. The fraction of sp³-hybridized carbons (Fsp3) is 0.600. The highest BCUT2D eigenvalue weighted by molar-refractivity contribution is 9.11. The van der Waals surface area contributed by atoms with Gasteiger partial charge in [-0.3, -0.25) is 0 Å². The first-order valence-corrected chi connectivity index (χ1v) is 6.34. The zero-order chi connectivity index (χ0) is 10.6. The predicted octanol–water partition coefficient (Wildman–Crippen LogP) is 2.73. The van der Waals surface area contributed by atoms with Crippen LogP contribution < -0.4 is 11.1 Å². The van der Waals surface area contributed by atoms with Crippen LogP contribution in [0.1, 0.15) is 25.1 Å². The standard InChI is InChI=1S/C10H17BrN2S/c1-10(2,5-6-12)13-7-8-3-4-9(11)14-8/h3-4,13H,5-7,12H2,1-2H3. The van der Waals surface area contributed by atoms with Crippen LogP contribution in [0.25, 0.3) is 0 Å². The van der Waals surface area contributed by atoms with E-state index in [-0.39, 0.29) is 5.54 Å². The third kappa shape index (κ3) is 4.09. The molecule has 4 heteroatoms. The Labute approximate surface area is 98.0 Å². The van der Waals surface area contributed by atoms with Gasteiger partial charge in [-0.1, -0.05) is 0 Å². The van der Waals surface area contributed by atoms with Gasteiger partial charge in [0.05, 0.1) is 3.79 Å². The number of nitrogens with two attached hydrogens (primary N) is 1. The molecule has 0 amide bonds. The first-order valence-electron chi connectivity index (χ1n) is 4.73. The normalized spacial score (nSPS) is 12.0. The maximum absolute atomic E-state index is 5.54. The lowest BCUT2D eigenvalue weighted by atomic mass is 10.0. The average Bonchev–Trinajstić information content (AvgIpc) is 2.48. The van der Waals surface area contributed by atoms with Crippen molar-refractivity contribution in [3.05, 3.63) is 20.8 Å². The number of rotatable bonds is 5. The van der Waals surface area contributed by atoms with E-state index in [2.05, 4.69) is 47.2 Å². The Bertz CT molecular complexity index is 283. The Morgan fingerprint density at radius 2 is 2.21 bits per heavy atom. The van der Waals surface area contributed by atoms with Crippen LogP contribution in [0.2, 0.25) is 0 Å². The number of thiophene rings is 1. The largest absolute Gasteiger partial charge is 0.330 e. The molecule has 1 aromatic rings. The van der Waals surface area contributed by atoms with Gasteiger partial charge in [-0.05, 0) is 54.9 Å². The van der Waals surface area contributed by atoms with Crippen LogP contribution in [-0.2, 0) is 6.54 Å². The Morgan fingerprint density at radius 1 is 1.50 bits per heavy atom. The Hall–Kier alpha value is 0.1000. The highest BCUT2D eigenvalue weighted by atomic mass is 79.9. The topological polar surface area (TPSA) is 38.0 Å². The second kappa shape index (κ2) is 5.26. The lowest BCUT2D eigenvalue weighted by Gasteiger charge is -2.25. The van der Waals surface area contributed by atoms with E-state index < -0.39 is 0 Å². The van der Waals surface area contributed by atoms with Gasteiger partial charge < -0.3 is 11.1 Å². The quantitative estimate of drug-likeness (QED) is 0.868. The Balaban J connectivity index is 2.40. The fourth-order valence-electron chi connectivity index (χ4n) is 1.22. The van der Waals surface area contributed by atoms with Crippen molar-refractivity contribution in [2.75, 3.05) is 6.54 Å². The third-order valence-corrected chi connectivity index (χ3v) is 3.76. The third-order valence-electron chi connectivity index (χ3n) is 2.14. The molecule has 80 valence electrons. The molecule has 0 atom stereocenters. The van der Waals surface area contributed by atoms with E-state index in [1.54, 1.807) is 11.3 Å². The number of hydrogen-bond acceptors (Lipinski definition) is 3. The van der Waals surface area contributed by atoms with Gasteiger partial charge in [0.2, 0.25) is 0 Å². The van der Waals surface area contributed by atoms with Crippen molar-refractivity contribution in [3.8, 4) is 0 Å². The predicted molar refractivity (Wildman–Crippen MR) is 66.6 cm³/mol. The van der Waals surface area contributed by atoms with Crippen LogP contribution in [-0.4, -0.2) is 12.1 Å². The molecule has 0 fully saturated rings. The molecule has 2 nitrogen and oxygen atoms in total. The van der Waals surface area contributed by atoms with E-state index in [1.165, 1.54) is 8.66 Å². The van der Waals surface area contributed by atoms with E-state index in [4.69, 9.17) is 5.73 Å². The lowest BCUT2D eigenvalue weighted by Crippen LogP contribution is -2.40. The molecule has 14 heavy (non-hydrogen) atoms. The monoisotopic (exact) mass is 276 g/mol. The van der Waals surface area contributed by atoms with Crippen LogP contribution in [0.3, 0.4) is 0 Å².